The summed E-state index contributed by atoms with van der Waals surface area (Å²) in [6, 6.07) is 4.17. The molecule has 0 radical (unpaired) electrons. The largest absolute Gasteiger partial charge is 0.457 e. The molecule has 2 aromatic heterocycles. The summed E-state index contributed by atoms with van der Waals surface area (Å²) in [4.78, 5) is 43.9. The number of esters is 1. The molecule has 1 aromatic carbocycles. The van der Waals surface area contributed by atoms with Gasteiger partial charge in [-0.3, -0.25) is 19.1 Å². The number of hydrogen-bond donors (Lipinski definition) is 1. The number of aromatic nitrogens is 4. The first-order valence-electron chi connectivity index (χ1n) is 10.2. The molecule has 0 saturated carbocycles. The van der Waals surface area contributed by atoms with Gasteiger partial charge in [0.05, 0.1) is 6.42 Å². The maximum atomic E-state index is 13.9. The van der Waals surface area contributed by atoms with E-state index < -0.39 is 23.0 Å². The molecule has 0 spiro atoms. The Balaban J connectivity index is 1.91. The van der Waals surface area contributed by atoms with Gasteiger partial charge in [0.25, 0.3) is 5.56 Å². The summed E-state index contributed by atoms with van der Waals surface area (Å²) in [7, 11) is 0. The van der Waals surface area contributed by atoms with E-state index in [4.69, 9.17) is 16.3 Å². The second-order valence-electron chi connectivity index (χ2n) is 7.15. The maximum Gasteiger partial charge on any atom is 0.330 e. The molecule has 10 heteroatoms. The number of H-pyrrole nitrogens is 1. The zero-order chi connectivity index (χ0) is 22.5. The van der Waals surface area contributed by atoms with Crippen molar-refractivity contribution < 1.29 is 13.9 Å². The van der Waals surface area contributed by atoms with Crippen LogP contribution in [0.2, 0.25) is 5.02 Å². The van der Waals surface area contributed by atoms with Crippen LogP contribution in [0.3, 0.4) is 0 Å². The van der Waals surface area contributed by atoms with Gasteiger partial charge in [0.1, 0.15) is 18.2 Å². The molecule has 8 nitrogen and oxygen atoms in total. The molecular formula is C21H24ClFN4O4. The maximum absolute atomic E-state index is 13.9. The zero-order valence-electron chi connectivity index (χ0n) is 17.4. The van der Waals surface area contributed by atoms with Crippen molar-refractivity contribution in [3.8, 4) is 0 Å². The molecule has 0 unspecified atom stereocenters. The van der Waals surface area contributed by atoms with E-state index in [-0.39, 0.29) is 34.8 Å². The number of nitrogens with one attached hydrogen (secondary N) is 1. The fraction of sp³-hybridized carbons (Fsp3) is 0.429. The highest BCUT2D eigenvalue weighted by Gasteiger charge is 2.20. The smallest absolute Gasteiger partial charge is 0.330 e. The zero-order valence-corrected chi connectivity index (χ0v) is 18.2. The predicted octanol–water partition coefficient (Wildman–Crippen LogP) is 3.17. The second-order valence-corrected chi connectivity index (χ2v) is 7.56. The van der Waals surface area contributed by atoms with E-state index in [1.165, 1.54) is 22.8 Å². The van der Waals surface area contributed by atoms with Crippen LogP contribution in [0.4, 0.5) is 4.39 Å². The van der Waals surface area contributed by atoms with Crippen molar-refractivity contribution >= 4 is 28.7 Å². The number of nitrogens with zero attached hydrogens (tertiary/aromatic N) is 3. The Hall–Kier alpha value is -2.94. The van der Waals surface area contributed by atoms with Gasteiger partial charge in [-0.05, 0) is 25.0 Å². The second kappa shape index (κ2) is 9.91. The van der Waals surface area contributed by atoms with Crippen molar-refractivity contribution in [1.82, 2.24) is 19.1 Å². The van der Waals surface area contributed by atoms with Gasteiger partial charge in [-0.15, -0.1) is 0 Å². The Labute approximate surface area is 182 Å². The summed E-state index contributed by atoms with van der Waals surface area (Å²) in [5, 5.41) is 0.140. The van der Waals surface area contributed by atoms with Crippen LogP contribution in [0.5, 0.6) is 0 Å². The lowest BCUT2D eigenvalue weighted by atomic mass is 10.1. The molecule has 0 fully saturated rings. The van der Waals surface area contributed by atoms with E-state index in [1.54, 1.807) is 4.57 Å². The van der Waals surface area contributed by atoms with Crippen LogP contribution in [0, 0.1) is 5.82 Å². The van der Waals surface area contributed by atoms with Crippen LogP contribution < -0.4 is 11.2 Å². The Bertz CT molecular complexity index is 1190. The van der Waals surface area contributed by atoms with Crippen molar-refractivity contribution in [3.05, 3.63) is 61.3 Å². The van der Waals surface area contributed by atoms with Crippen molar-refractivity contribution in [2.75, 3.05) is 0 Å². The molecule has 2 heterocycles. The normalized spacial score (nSPS) is 11.2. The number of fused-ring (bicyclic) bond motifs is 1. The van der Waals surface area contributed by atoms with E-state index in [9.17, 15) is 18.8 Å². The van der Waals surface area contributed by atoms with Gasteiger partial charge in [0.2, 0.25) is 0 Å². The topological polar surface area (TPSA) is 99.0 Å². The Morgan fingerprint density at radius 1 is 1.19 bits per heavy atom. The average Bonchev–Trinajstić information content (AvgIpc) is 3.08. The third kappa shape index (κ3) is 4.87. The molecule has 3 aromatic rings. The molecule has 0 amide bonds. The van der Waals surface area contributed by atoms with Crippen LogP contribution in [-0.2, 0) is 35.6 Å². The third-order valence-electron chi connectivity index (χ3n) is 4.89. The van der Waals surface area contributed by atoms with Gasteiger partial charge in [-0.2, -0.15) is 0 Å². The molecule has 3 rings (SSSR count). The minimum absolute atomic E-state index is 0.0566. The van der Waals surface area contributed by atoms with Crippen LogP contribution >= 0.6 is 11.6 Å². The highest BCUT2D eigenvalue weighted by Crippen LogP contribution is 2.20. The number of rotatable bonds is 9. The number of unbranched alkanes of at least 4 members (excludes halogenated alkanes) is 1. The van der Waals surface area contributed by atoms with Crippen molar-refractivity contribution in [2.45, 2.75) is 59.2 Å². The van der Waals surface area contributed by atoms with Crippen LogP contribution in [0.15, 0.2) is 27.8 Å². The summed E-state index contributed by atoms with van der Waals surface area (Å²) < 4.78 is 22.3. The van der Waals surface area contributed by atoms with Crippen molar-refractivity contribution in [2.24, 2.45) is 0 Å². The number of imidazole rings is 1. The van der Waals surface area contributed by atoms with Gasteiger partial charge in [-0.1, -0.05) is 37.9 Å². The van der Waals surface area contributed by atoms with Gasteiger partial charge in [0, 0.05) is 23.7 Å². The number of halogens is 2. The molecule has 31 heavy (non-hydrogen) atoms. The minimum Gasteiger partial charge on any atom is -0.457 e. The number of hydrogen-bond acceptors (Lipinski definition) is 5. The Kier molecular flexibility index (Phi) is 7.27. The summed E-state index contributed by atoms with van der Waals surface area (Å²) in [6.45, 7) is 4.58. The van der Waals surface area contributed by atoms with Crippen molar-refractivity contribution in [1.29, 1.82) is 0 Å². The molecule has 0 bridgehead atoms. The lowest BCUT2D eigenvalue weighted by Gasteiger charge is -2.09. The van der Waals surface area contributed by atoms with E-state index in [2.05, 4.69) is 9.97 Å². The molecule has 0 aliphatic rings. The minimum atomic E-state index is -0.681. The molecular weight excluding hydrogens is 427 g/mol. The fourth-order valence-electron chi connectivity index (χ4n) is 3.36. The van der Waals surface area contributed by atoms with E-state index in [1.807, 2.05) is 13.8 Å². The first-order chi connectivity index (χ1) is 14.9. The van der Waals surface area contributed by atoms with Gasteiger partial charge < -0.3 is 9.30 Å². The fourth-order valence-corrected chi connectivity index (χ4v) is 3.59. The Morgan fingerprint density at radius 3 is 2.65 bits per heavy atom. The number of aromatic amines is 1. The highest BCUT2D eigenvalue weighted by molar-refractivity contribution is 6.31. The third-order valence-corrected chi connectivity index (χ3v) is 5.25. The Morgan fingerprint density at radius 2 is 1.97 bits per heavy atom. The van der Waals surface area contributed by atoms with Crippen LogP contribution in [-0.4, -0.2) is 25.1 Å². The van der Waals surface area contributed by atoms with Gasteiger partial charge in [0.15, 0.2) is 11.2 Å². The van der Waals surface area contributed by atoms with E-state index >= 15 is 0 Å². The first kappa shape index (κ1) is 22.7. The quantitative estimate of drug-likeness (QED) is 0.505. The molecule has 0 aliphatic heterocycles. The van der Waals surface area contributed by atoms with Gasteiger partial charge in [-0.25, -0.2) is 14.2 Å². The molecule has 1 N–H and O–H groups in total. The van der Waals surface area contributed by atoms with E-state index in [0.29, 0.717) is 25.3 Å². The number of carbonyl (C=O) groups is 1. The lowest BCUT2D eigenvalue weighted by Crippen LogP contribution is -2.31. The molecule has 0 aliphatic carbocycles. The molecule has 0 saturated heterocycles. The first-order valence-corrected chi connectivity index (χ1v) is 10.6. The molecule has 166 valence electrons. The number of carbonyl (C=O) groups excluding carboxylic acids is 1. The number of aryl methyl sites for hydroxylation is 2. The van der Waals surface area contributed by atoms with Crippen molar-refractivity contribution in [3.63, 3.8) is 0 Å². The summed E-state index contributed by atoms with van der Waals surface area (Å²) in [5.41, 5.74) is -0.477. The van der Waals surface area contributed by atoms with Crippen LogP contribution in [0.1, 0.15) is 44.5 Å². The highest BCUT2D eigenvalue weighted by atomic mass is 35.5. The van der Waals surface area contributed by atoms with Crippen LogP contribution in [0.25, 0.3) is 11.2 Å². The summed E-state index contributed by atoms with van der Waals surface area (Å²) in [5.74, 6) is -0.931. The van der Waals surface area contributed by atoms with Gasteiger partial charge >= 0.3 is 11.7 Å². The average molecular weight is 451 g/mol. The number of ether oxygens (including phenoxy) is 1. The van der Waals surface area contributed by atoms with E-state index in [0.717, 1.165) is 12.8 Å². The number of benzene rings is 1. The SMILES string of the molecule is CCCCn1c(=O)[nH]c(=O)c2c1nc(COC(=O)Cc1c(F)cccc1Cl)n2CCC. The molecule has 0 atom stereocenters. The monoisotopic (exact) mass is 450 g/mol. The summed E-state index contributed by atoms with van der Waals surface area (Å²) in [6.07, 6.45) is 1.98. The lowest BCUT2D eigenvalue weighted by molar-refractivity contribution is -0.144. The summed E-state index contributed by atoms with van der Waals surface area (Å²) >= 11 is 5.97. The standard InChI is InChI=1S/C21H24ClFN4O4/c1-3-5-10-27-19-18(20(29)25-21(27)30)26(9-4-2)16(24-19)12-31-17(28)11-13-14(22)7-6-8-15(13)23/h6-8H,3-5,9-12H2,1-2H3,(H,25,29,30). The predicted molar refractivity (Wildman–Crippen MR) is 115 cm³/mol.